The van der Waals surface area contributed by atoms with Gasteiger partial charge in [-0.2, -0.15) is 0 Å². The summed E-state index contributed by atoms with van der Waals surface area (Å²) in [5.74, 6) is 1.43. The van der Waals surface area contributed by atoms with Crippen LogP contribution in [-0.4, -0.2) is 22.8 Å². The zero-order valence-corrected chi connectivity index (χ0v) is 13.6. The molecule has 21 heavy (non-hydrogen) atoms. The Morgan fingerprint density at radius 2 is 1.86 bits per heavy atom. The van der Waals surface area contributed by atoms with Crippen LogP contribution in [0.2, 0.25) is 0 Å². The molecule has 0 unspecified atom stereocenters. The first-order valence-electron chi connectivity index (χ1n) is 6.52. The maximum absolute atomic E-state index is 5.39. The van der Waals surface area contributed by atoms with Gasteiger partial charge >= 0.3 is 0 Å². The first-order chi connectivity index (χ1) is 10.2. The molecule has 0 saturated carbocycles. The third-order valence-electron chi connectivity index (χ3n) is 3.56. The van der Waals surface area contributed by atoms with Crippen molar-refractivity contribution in [1.82, 2.24) is 8.58 Å². The Balaban J connectivity index is 2.28. The molecule has 1 aromatic carbocycles. The summed E-state index contributed by atoms with van der Waals surface area (Å²) in [6, 6.07) is 9.87. The molecule has 0 fully saturated rings. The van der Waals surface area contributed by atoms with Crippen LogP contribution in [0.3, 0.4) is 0 Å². The molecular formula is C16H15BrN2O2. The molecular weight excluding hydrogens is 332 g/mol. The Labute approximate surface area is 131 Å². The van der Waals surface area contributed by atoms with Crippen LogP contribution in [0.5, 0.6) is 11.5 Å². The molecule has 0 saturated heterocycles. The molecule has 0 aliphatic heterocycles. The molecule has 108 valence electrons. The van der Waals surface area contributed by atoms with E-state index in [1.165, 1.54) is 0 Å². The van der Waals surface area contributed by atoms with E-state index in [4.69, 9.17) is 9.47 Å². The van der Waals surface area contributed by atoms with Crippen LogP contribution in [0.1, 0.15) is 5.69 Å². The topological polar surface area (TPSA) is 36.3 Å². The quantitative estimate of drug-likeness (QED) is 0.713. The summed E-state index contributed by atoms with van der Waals surface area (Å²) in [6.45, 7) is 2.06. The lowest BCUT2D eigenvalue weighted by molar-refractivity contribution is 0.355. The van der Waals surface area contributed by atoms with Gasteiger partial charge in [0.25, 0.3) is 0 Å². The highest BCUT2D eigenvalue weighted by molar-refractivity contribution is 9.08. The summed E-state index contributed by atoms with van der Waals surface area (Å²) in [4.78, 5) is 4.51. The first-order valence-corrected chi connectivity index (χ1v) is 7.23. The molecule has 2 heterocycles. The summed E-state index contributed by atoms with van der Waals surface area (Å²) in [6.07, 6.45) is 1.80. The molecule has 3 aromatic rings. The molecule has 0 spiro atoms. The normalized spacial score (nSPS) is 10.9. The van der Waals surface area contributed by atoms with Crippen molar-refractivity contribution in [3.63, 3.8) is 0 Å². The number of hydrogen-bond donors (Lipinski definition) is 0. The van der Waals surface area contributed by atoms with E-state index in [1.807, 2.05) is 33.9 Å². The number of nitrogens with zero attached hydrogens (tertiary/aromatic N) is 2. The maximum Gasteiger partial charge on any atom is 0.161 e. The zero-order chi connectivity index (χ0) is 15.0. The van der Waals surface area contributed by atoms with Crippen LogP contribution in [0.15, 0.2) is 36.5 Å². The predicted octanol–water partition coefficient (Wildman–Crippen LogP) is 4.19. The lowest BCUT2D eigenvalue weighted by Gasteiger charge is -2.09. The third kappa shape index (κ3) is 2.17. The van der Waals surface area contributed by atoms with Crippen molar-refractivity contribution >= 4 is 27.2 Å². The Hall–Kier alpha value is -2.01. The number of fused-ring (bicyclic) bond motifs is 1. The van der Waals surface area contributed by atoms with Crippen molar-refractivity contribution in [3.8, 4) is 22.6 Å². The summed E-state index contributed by atoms with van der Waals surface area (Å²) >= 11 is 3.58. The number of aromatic nitrogens is 2. The van der Waals surface area contributed by atoms with E-state index in [0.29, 0.717) is 5.75 Å². The fourth-order valence-electron chi connectivity index (χ4n) is 2.54. The van der Waals surface area contributed by atoms with Gasteiger partial charge in [-0.25, -0.2) is 0 Å². The van der Waals surface area contributed by atoms with Crippen molar-refractivity contribution in [1.29, 1.82) is 0 Å². The standard InChI is InChI=1S/C16H15BrN2O2/c1-10-15(16-12(19(10)17)5-4-8-18-16)11-6-7-13(20-2)14(9-11)21-3/h4-9H,1-3H3. The predicted molar refractivity (Wildman–Crippen MR) is 87.3 cm³/mol. The van der Waals surface area contributed by atoms with Crippen LogP contribution in [0.25, 0.3) is 22.2 Å². The number of methoxy groups -OCH3 is 2. The number of pyridine rings is 1. The minimum absolute atomic E-state index is 0.709. The third-order valence-corrected chi connectivity index (χ3v) is 4.48. The molecule has 5 heteroatoms. The zero-order valence-electron chi connectivity index (χ0n) is 12.1. The minimum atomic E-state index is 0.709. The summed E-state index contributed by atoms with van der Waals surface area (Å²) < 4.78 is 12.7. The van der Waals surface area contributed by atoms with Crippen LogP contribution in [0.4, 0.5) is 0 Å². The van der Waals surface area contributed by atoms with E-state index in [9.17, 15) is 0 Å². The van der Waals surface area contributed by atoms with Gasteiger partial charge in [-0.15, -0.1) is 0 Å². The molecule has 0 aliphatic carbocycles. The Morgan fingerprint density at radius 3 is 2.57 bits per heavy atom. The molecule has 2 aromatic heterocycles. The van der Waals surface area contributed by atoms with Crippen molar-refractivity contribution in [2.24, 2.45) is 0 Å². The maximum atomic E-state index is 5.39. The van der Waals surface area contributed by atoms with Gasteiger partial charge in [0.1, 0.15) is 0 Å². The van der Waals surface area contributed by atoms with Gasteiger partial charge in [-0.1, -0.05) is 6.07 Å². The van der Waals surface area contributed by atoms with Crippen LogP contribution >= 0.6 is 16.1 Å². The van der Waals surface area contributed by atoms with Crippen LogP contribution in [-0.2, 0) is 0 Å². The SMILES string of the molecule is COc1ccc(-c2c(C)n(Br)c3cccnc23)cc1OC. The first kappa shape index (κ1) is 13.9. The van der Waals surface area contributed by atoms with Gasteiger partial charge in [0.05, 0.1) is 41.4 Å². The molecule has 0 bridgehead atoms. The summed E-state index contributed by atoms with van der Waals surface area (Å²) in [7, 11) is 3.27. The van der Waals surface area contributed by atoms with Crippen molar-refractivity contribution < 1.29 is 9.47 Å². The molecule has 0 amide bonds. The largest absolute Gasteiger partial charge is 0.493 e. The number of rotatable bonds is 3. The average molecular weight is 347 g/mol. The average Bonchev–Trinajstić information content (AvgIpc) is 2.78. The number of ether oxygens (including phenoxy) is 2. The van der Waals surface area contributed by atoms with E-state index in [0.717, 1.165) is 33.6 Å². The number of benzene rings is 1. The van der Waals surface area contributed by atoms with Crippen LogP contribution < -0.4 is 9.47 Å². The Bertz CT molecular complexity index is 811. The number of hydrogen-bond acceptors (Lipinski definition) is 3. The Morgan fingerprint density at radius 1 is 1.10 bits per heavy atom. The second kappa shape index (κ2) is 5.41. The smallest absolute Gasteiger partial charge is 0.161 e. The van der Waals surface area contributed by atoms with Crippen molar-refractivity contribution in [2.75, 3.05) is 14.2 Å². The molecule has 0 N–H and O–H groups in total. The number of halogens is 1. The molecule has 0 atom stereocenters. The summed E-state index contributed by atoms with van der Waals surface area (Å²) in [5.41, 5.74) is 5.23. The van der Waals surface area contributed by atoms with Gasteiger partial charge in [0.2, 0.25) is 0 Å². The lowest BCUT2D eigenvalue weighted by atomic mass is 10.0. The van der Waals surface area contributed by atoms with Gasteiger partial charge < -0.3 is 9.47 Å². The van der Waals surface area contributed by atoms with E-state index in [-0.39, 0.29) is 0 Å². The van der Waals surface area contributed by atoms with Gasteiger partial charge in [-0.3, -0.25) is 8.58 Å². The van der Waals surface area contributed by atoms with Gasteiger partial charge in [0, 0.05) is 17.5 Å². The minimum Gasteiger partial charge on any atom is -0.493 e. The molecule has 0 aliphatic rings. The summed E-state index contributed by atoms with van der Waals surface area (Å²) in [5, 5.41) is 0. The van der Waals surface area contributed by atoms with E-state index in [2.05, 4.69) is 28.1 Å². The van der Waals surface area contributed by atoms with Crippen LogP contribution in [0, 0.1) is 6.92 Å². The fourth-order valence-corrected chi connectivity index (χ4v) is 3.00. The Kier molecular flexibility index (Phi) is 3.59. The fraction of sp³-hybridized carbons (Fsp3) is 0.188. The lowest BCUT2D eigenvalue weighted by Crippen LogP contribution is -1.91. The highest BCUT2D eigenvalue weighted by Gasteiger charge is 2.17. The van der Waals surface area contributed by atoms with Gasteiger partial charge in [-0.05, 0) is 36.8 Å². The highest BCUT2D eigenvalue weighted by atomic mass is 79.9. The van der Waals surface area contributed by atoms with Crippen molar-refractivity contribution in [3.05, 3.63) is 42.2 Å². The van der Waals surface area contributed by atoms with Gasteiger partial charge in [0.15, 0.2) is 11.5 Å². The second-order valence-electron chi connectivity index (χ2n) is 4.68. The highest BCUT2D eigenvalue weighted by Crippen LogP contribution is 2.38. The molecule has 4 nitrogen and oxygen atoms in total. The second-order valence-corrected chi connectivity index (χ2v) is 5.39. The monoisotopic (exact) mass is 346 g/mol. The van der Waals surface area contributed by atoms with E-state index in [1.54, 1.807) is 20.4 Å². The molecule has 3 rings (SSSR count). The van der Waals surface area contributed by atoms with Crippen molar-refractivity contribution in [2.45, 2.75) is 6.92 Å². The van der Waals surface area contributed by atoms with E-state index < -0.39 is 0 Å². The van der Waals surface area contributed by atoms with E-state index >= 15 is 0 Å². The molecule has 0 radical (unpaired) electrons.